The molecule has 3 heteroatoms. The lowest BCUT2D eigenvalue weighted by molar-refractivity contribution is 0.0999. The summed E-state index contributed by atoms with van der Waals surface area (Å²) in [7, 11) is 0. The Morgan fingerprint density at radius 2 is 2.23 bits per heavy atom. The molecule has 2 rings (SSSR count). The SMILES string of the molecule is CC1=Nc2c(Br)cccc2C(=O)C1. The number of carbonyl (C=O) groups is 1. The summed E-state index contributed by atoms with van der Waals surface area (Å²) in [5, 5.41) is 0. The first-order chi connectivity index (χ1) is 6.18. The van der Waals surface area contributed by atoms with Gasteiger partial charge < -0.3 is 0 Å². The van der Waals surface area contributed by atoms with Crippen molar-refractivity contribution in [1.29, 1.82) is 0 Å². The molecule has 0 saturated heterocycles. The van der Waals surface area contributed by atoms with Crippen LogP contribution in [0.2, 0.25) is 0 Å². The van der Waals surface area contributed by atoms with Crippen LogP contribution in [0.4, 0.5) is 5.69 Å². The van der Waals surface area contributed by atoms with Crippen LogP contribution in [-0.2, 0) is 0 Å². The number of carbonyl (C=O) groups excluding carboxylic acids is 1. The van der Waals surface area contributed by atoms with Crippen molar-refractivity contribution in [1.82, 2.24) is 0 Å². The number of nitrogens with zero attached hydrogens (tertiary/aromatic N) is 1. The molecule has 0 spiro atoms. The van der Waals surface area contributed by atoms with Gasteiger partial charge in [-0.2, -0.15) is 0 Å². The minimum absolute atomic E-state index is 0.156. The van der Waals surface area contributed by atoms with E-state index < -0.39 is 0 Å². The molecule has 0 aliphatic carbocycles. The Hall–Kier alpha value is -0.960. The van der Waals surface area contributed by atoms with E-state index in [0.717, 1.165) is 21.4 Å². The Balaban J connectivity index is 2.69. The summed E-state index contributed by atoms with van der Waals surface area (Å²) in [6.07, 6.45) is 0.448. The first-order valence-electron chi connectivity index (χ1n) is 4.04. The lowest BCUT2D eigenvalue weighted by Crippen LogP contribution is -2.10. The molecule has 1 aliphatic rings. The number of aliphatic imine (C=N–C) groups is 1. The summed E-state index contributed by atoms with van der Waals surface area (Å²) in [6.45, 7) is 1.88. The highest BCUT2D eigenvalue weighted by atomic mass is 79.9. The second kappa shape index (κ2) is 3.07. The molecule has 0 saturated carbocycles. The minimum Gasteiger partial charge on any atom is -0.294 e. The Labute approximate surface area is 84.8 Å². The predicted molar refractivity (Wildman–Crippen MR) is 55.9 cm³/mol. The van der Waals surface area contributed by atoms with Crippen molar-refractivity contribution in [3.8, 4) is 0 Å². The molecular weight excluding hydrogens is 230 g/mol. The van der Waals surface area contributed by atoms with Crippen molar-refractivity contribution in [2.24, 2.45) is 4.99 Å². The summed E-state index contributed by atoms with van der Waals surface area (Å²) in [5.74, 6) is 0.156. The van der Waals surface area contributed by atoms with E-state index in [0.29, 0.717) is 6.42 Å². The highest BCUT2D eigenvalue weighted by Gasteiger charge is 2.18. The number of para-hydroxylation sites is 1. The van der Waals surface area contributed by atoms with Gasteiger partial charge in [-0.3, -0.25) is 9.79 Å². The molecule has 0 fully saturated rings. The third-order valence-corrected chi connectivity index (χ3v) is 2.65. The van der Waals surface area contributed by atoms with E-state index >= 15 is 0 Å². The molecular formula is C10H8BrNO. The fraction of sp³-hybridized carbons (Fsp3) is 0.200. The van der Waals surface area contributed by atoms with Gasteiger partial charge in [0.2, 0.25) is 0 Å². The largest absolute Gasteiger partial charge is 0.294 e. The second-order valence-electron chi connectivity index (χ2n) is 3.08. The maximum Gasteiger partial charge on any atom is 0.170 e. The Bertz CT molecular complexity index is 409. The summed E-state index contributed by atoms with van der Waals surface area (Å²) >= 11 is 3.38. The van der Waals surface area contributed by atoms with Crippen molar-refractivity contribution in [3.05, 3.63) is 28.2 Å². The van der Waals surface area contributed by atoms with E-state index in [1.54, 1.807) is 0 Å². The Morgan fingerprint density at radius 1 is 1.46 bits per heavy atom. The molecule has 0 N–H and O–H groups in total. The standard InChI is InChI=1S/C10H8BrNO/c1-6-5-9(13)7-3-2-4-8(11)10(7)12-6/h2-4H,5H2,1H3. The molecule has 13 heavy (non-hydrogen) atoms. The number of rotatable bonds is 0. The Morgan fingerprint density at radius 3 is 3.00 bits per heavy atom. The van der Waals surface area contributed by atoms with Crippen LogP contribution in [0, 0.1) is 0 Å². The predicted octanol–water partition coefficient (Wildman–Crippen LogP) is 3.13. The Kier molecular flexibility index (Phi) is 2.04. The van der Waals surface area contributed by atoms with Crippen molar-refractivity contribution in [2.75, 3.05) is 0 Å². The highest BCUT2D eigenvalue weighted by molar-refractivity contribution is 9.10. The average molecular weight is 238 g/mol. The first-order valence-corrected chi connectivity index (χ1v) is 4.83. The summed E-state index contributed by atoms with van der Waals surface area (Å²) in [6, 6.07) is 5.57. The van der Waals surface area contributed by atoms with Crippen LogP contribution >= 0.6 is 15.9 Å². The van der Waals surface area contributed by atoms with Crippen LogP contribution in [0.5, 0.6) is 0 Å². The molecule has 1 aliphatic heterocycles. The monoisotopic (exact) mass is 237 g/mol. The van der Waals surface area contributed by atoms with Crippen molar-refractivity contribution in [2.45, 2.75) is 13.3 Å². The molecule has 1 aromatic carbocycles. The molecule has 0 aromatic heterocycles. The van der Waals surface area contributed by atoms with Crippen molar-refractivity contribution < 1.29 is 4.79 Å². The van der Waals surface area contributed by atoms with E-state index in [4.69, 9.17) is 0 Å². The second-order valence-corrected chi connectivity index (χ2v) is 3.94. The number of hydrogen-bond acceptors (Lipinski definition) is 2. The van der Waals surface area contributed by atoms with Gasteiger partial charge in [0.05, 0.1) is 5.69 Å². The van der Waals surface area contributed by atoms with Gasteiger partial charge in [-0.05, 0) is 35.0 Å². The smallest absolute Gasteiger partial charge is 0.170 e. The number of benzene rings is 1. The quantitative estimate of drug-likeness (QED) is 0.682. The number of Topliss-reactive ketones (excluding diaryl/α,β-unsaturated/α-hetero) is 1. The van der Waals surface area contributed by atoms with Crippen LogP contribution in [-0.4, -0.2) is 11.5 Å². The summed E-state index contributed by atoms with van der Waals surface area (Å²) < 4.78 is 0.886. The molecule has 0 radical (unpaired) electrons. The third-order valence-electron chi connectivity index (χ3n) is 2.01. The minimum atomic E-state index is 0.156. The summed E-state index contributed by atoms with van der Waals surface area (Å²) in [5.41, 5.74) is 2.38. The zero-order valence-corrected chi connectivity index (χ0v) is 8.76. The molecule has 0 amide bonds. The average Bonchev–Trinajstić information content (AvgIpc) is 2.07. The van der Waals surface area contributed by atoms with E-state index in [9.17, 15) is 4.79 Å². The molecule has 2 nitrogen and oxygen atoms in total. The maximum absolute atomic E-state index is 11.5. The zero-order chi connectivity index (χ0) is 9.42. The maximum atomic E-state index is 11.5. The fourth-order valence-electron chi connectivity index (χ4n) is 1.41. The van der Waals surface area contributed by atoms with E-state index in [2.05, 4.69) is 20.9 Å². The lowest BCUT2D eigenvalue weighted by Gasteiger charge is -2.12. The molecule has 0 bridgehead atoms. The molecule has 1 heterocycles. The van der Waals surface area contributed by atoms with Gasteiger partial charge in [0, 0.05) is 22.2 Å². The fourth-order valence-corrected chi connectivity index (χ4v) is 1.87. The van der Waals surface area contributed by atoms with E-state index in [1.165, 1.54) is 0 Å². The third kappa shape index (κ3) is 1.44. The van der Waals surface area contributed by atoms with Gasteiger partial charge in [0.15, 0.2) is 5.78 Å². The van der Waals surface area contributed by atoms with Gasteiger partial charge in [-0.15, -0.1) is 0 Å². The van der Waals surface area contributed by atoms with Crippen LogP contribution in [0.3, 0.4) is 0 Å². The molecule has 1 aromatic rings. The number of hydrogen-bond donors (Lipinski definition) is 0. The molecule has 0 atom stereocenters. The van der Waals surface area contributed by atoms with Gasteiger partial charge in [-0.25, -0.2) is 0 Å². The number of ketones is 1. The van der Waals surface area contributed by atoms with Gasteiger partial charge in [0.25, 0.3) is 0 Å². The number of halogens is 1. The van der Waals surface area contributed by atoms with Crippen LogP contribution < -0.4 is 0 Å². The van der Waals surface area contributed by atoms with Crippen molar-refractivity contribution >= 4 is 33.1 Å². The normalized spacial score (nSPS) is 15.2. The van der Waals surface area contributed by atoms with Gasteiger partial charge >= 0.3 is 0 Å². The van der Waals surface area contributed by atoms with Crippen LogP contribution in [0.15, 0.2) is 27.7 Å². The lowest BCUT2D eigenvalue weighted by atomic mass is 10.0. The first kappa shape index (κ1) is 8.63. The molecule has 0 unspecified atom stereocenters. The summed E-state index contributed by atoms with van der Waals surface area (Å²) in [4.78, 5) is 15.9. The van der Waals surface area contributed by atoms with Crippen molar-refractivity contribution in [3.63, 3.8) is 0 Å². The zero-order valence-electron chi connectivity index (χ0n) is 7.17. The van der Waals surface area contributed by atoms with E-state index in [1.807, 2.05) is 25.1 Å². The van der Waals surface area contributed by atoms with Gasteiger partial charge in [0.1, 0.15) is 0 Å². The van der Waals surface area contributed by atoms with E-state index in [-0.39, 0.29) is 5.78 Å². The topological polar surface area (TPSA) is 29.4 Å². The van der Waals surface area contributed by atoms with Crippen LogP contribution in [0.1, 0.15) is 23.7 Å². The highest BCUT2D eigenvalue weighted by Crippen LogP contribution is 2.33. The molecule has 66 valence electrons. The number of fused-ring (bicyclic) bond motifs is 1. The van der Waals surface area contributed by atoms with Gasteiger partial charge in [-0.1, -0.05) is 6.07 Å². The van der Waals surface area contributed by atoms with Crippen LogP contribution in [0.25, 0.3) is 0 Å².